The van der Waals surface area contributed by atoms with E-state index < -0.39 is 11.5 Å². The van der Waals surface area contributed by atoms with Crippen molar-refractivity contribution in [3.05, 3.63) is 17.0 Å². The summed E-state index contributed by atoms with van der Waals surface area (Å²) in [6.45, 7) is 5.64. The fourth-order valence-electron chi connectivity index (χ4n) is 3.76. The summed E-state index contributed by atoms with van der Waals surface area (Å²) in [5.41, 5.74) is 0.684. The molecule has 0 bridgehead atoms. The molecule has 2 rings (SSSR count). The van der Waals surface area contributed by atoms with Crippen LogP contribution in [0.4, 0.5) is 0 Å². The molecule has 1 fully saturated rings. The maximum atomic E-state index is 12.7. The van der Waals surface area contributed by atoms with E-state index in [2.05, 4.69) is 5.16 Å². The number of aryl methyl sites for hydroxylation is 2. The standard InChI is InChI=1S/C17H26N2O4/c1-11(15-12(2)18-23-13(15)3)10-14(20)19(4)17(16(21)22)8-6-5-7-9-17/h11H,5-10H2,1-4H3,(H,21,22). The van der Waals surface area contributed by atoms with E-state index >= 15 is 0 Å². The first-order valence-electron chi connectivity index (χ1n) is 8.22. The van der Waals surface area contributed by atoms with Crippen LogP contribution in [0, 0.1) is 13.8 Å². The van der Waals surface area contributed by atoms with Crippen molar-refractivity contribution < 1.29 is 19.2 Å². The van der Waals surface area contributed by atoms with Gasteiger partial charge in [-0.25, -0.2) is 4.79 Å². The van der Waals surface area contributed by atoms with E-state index in [1.807, 2.05) is 20.8 Å². The van der Waals surface area contributed by atoms with Crippen LogP contribution < -0.4 is 0 Å². The smallest absolute Gasteiger partial charge is 0.329 e. The van der Waals surface area contributed by atoms with Gasteiger partial charge in [0.25, 0.3) is 0 Å². The predicted molar refractivity (Wildman–Crippen MR) is 85.2 cm³/mol. The lowest BCUT2D eigenvalue weighted by Gasteiger charge is -2.41. The van der Waals surface area contributed by atoms with Gasteiger partial charge < -0.3 is 14.5 Å². The van der Waals surface area contributed by atoms with Crippen molar-refractivity contribution in [2.75, 3.05) is 7.05 Å². The number of carbonyl (C=O) groups excluding carboxylic acids is 1. The van der Waals surface area contributed by atoms with Gasteiger partial charge in [0, 0.05) is 19.0 Å². The Labute approximate surface area is 136 Å². The molecule has 0 saturated heterocycles. The molecule has 1 aromatic rings. The molecular weight excluding hydrogens is 296 g/mol. The number of carbonyl (C=O) groups is 2. The van der Waals surface area contributed by atoms with Crippen molar-refractivity contribution in [2.45, 2.75) is 70.8 Å². The quantitative estimate of drug-likeness (QED) is 0.901. The highest BCUT2D eigenvalue weighted by molar-refractivity contribution is 5.87. The van der Waals surface area contributed by atoms with Crippen LogP contribution in [0.1, 0.15) is 68.4 Å². The molecule has 1 aliphatic carbocycles. The van der Waals surface area contributed by atoms with Crippen LogP contribution in [0.5, 0.6) is 0 Å². The Morgan fingerprint density at radius 1 is 1.30 bits per heavy atom. The number of likely N-dealkylation sites (N-methyl/N-ethyl adjacent to an activating group) is 1. The summed E-state index contributed by atoms with van der Waals surface area (Å²) in [6.07, 6.45) is 4.06. The zero-order valence-corrected chi connectivity index (χ0v) is 14.4. The Balaban J connectivity index is 2.14. The number of carboxylic acids is 1. The van der Waals surface area contributed by atoms with Gasteiger partial charge in [0.2, 0.25) is 5.91 Å². The molecule has 1 atom stereocenters. The van der Waals surface area contributed by atoms with Gasteiger partial charge in [-0.15, -0.1) is 0 Å². The molecule has 1 N–H and O–H groups in total. The first-order chi connectivity index (χ1) is 10.8. The number of aliphatic carboxylic acids is 1. The van der Waals surface area contributed by atoms with E-state index in [4.69, 9.17) is 4.52 Å². The number of hydrogen-bond donors (Lipinski definition) is 1. The average Bonchev–Trinajstić information content (AvgIpc) is 2.85. The maximum Gasteiger partial charge on any atom is 0.329 e. The zero-order chi connectivity index (χ0) is 17.2. The van der Waals surface area contributed by atoms with E-state index in [9.17, 15) is 14.7 Å². The van der Waals surface area contributed by atoms with Gasteiger partial charge in [-0.1, -0.05) is 31.3 Å². The lowest BCUT2D eigenvalue weighted by molar-refractivity contribution is -0.160. The molecule has 1 saturated carbocycles. The highest BCUT2D eigenvalue weighted by atomic mass is 16.5. The number of amides is 1. The minimum absolute atomic E-state index is 0.0503. The van der Waals surface area contributed by atoms with Crippen molar-refractivity contribution in [1.82, 2.24) is 10.1 Å². The largest absolute Gasteiger partial charge is 0.479 e. The Hall–Kier alpha value is -1.85. The Kier molecular flexibility index (Phi) is 5.12. The van der Waals surface area contributed by atoms with Gasteiger partial charge in [0.05, 0.1) is 5.69 Å². The fourth-order valence-corrected chi connectivity index (χ4v) is 3.76. The molecule has 0 aliphatic heterocycles. The highest BCUT2D eigenvalue weighted by Crippen LogP contribution is 2.35. The summed E-state index contributed by atoms with van der Waals surface area (Å²) in [6, 6.07) is 0. The number of rotatable bonds is 5. The third-order valence-electron chi connectivity index (χ3n) is 5.16. The van der Waals surface area contributed by atoms with Crippen LogP contribution in [-0.2, 0) is 9.59 Å². The van der Waals surface area contributed by atoms with Crippen LogP contribution in [0.25, 0.3) is 0 Å². The monoisotopic (exact) mass is 322 g/mol. The molecule has 23 heavy (non-hydrogen) atoms. The van der Waals surface area contributed by atoms with Crippen molar-refractivity contribution in [3.8, 4) is 0 Å². The summed E-state index contributed by atoms with van der Waals surface area (Å²) in [5.74, 6) is -0.360. The molecule has 0 radical (unpaired) electrons. The molecule has 128 valence electrons. The summed E-state index contributed by atoms with van der Waals surface area (Å²) < 4.78 is 5.16. The van der Waals surface area contributed by atoms with Crippen molar-refractivity contribution in [3.63, 3.8) is 0 Å². The molecule has 0 aromatic carbocycles. The second kappa shape index (κ2) is 6.72. The number of hydrogen-bond acceptors (Lipinski definition) is 4. The highest BCUT2D eigenvalue weighted by Gasteiger charge is 2.45. The number of carboxylic acid groups (broad SMARTS) is 1. The average molecular weight is 322 g/mol. The van der Waals surface area contributed by atoms with Crippen molar-refractivity contribution in [2.24, 2.45) is 0 Å². The van der Waals surface area contributed by atoms with Crippen LogP contribution in [0.2, 0.25) is 0 Å². The summed E-state index contributed by atoms with van der Waals surface area (Å²) in [7, 11) is 1.63. The molecule has 0 spiro atoms. The minimum Gasteiger partial charge on any atom is -0.479 e. The molecule has 1 heterocycles. The lowest BCUT2D eigenvalue weighted by Crippen LogP contribution is -2.56. The Morgan fingerprint density at radius 3 is 2.39 bits per heavy atom. The number of aromatic nitrogens is 1. The second-order valence-corrected chi connectivity index (χ2v) is 6.69. The van der Waals surface area contributed by atoms with E-state index in [1.54, 1.807) is 7.05 Å². The van der Waals surface area contributed by atoms with Gasteiger partial charge in [-0.2, -0.15) is 0 Å². The van der Waals surface area contributed by atoms with Crippen molar-refractivity contribution >= 4 is 11.9 Å². The SMILES string of the molecule is Cc1noc(C)c1C(C)CC(=O)N(C)C1(C(=O)O)CCCCC1. The summed E-state index contributed by atoms with van der Waals surface area (Å²) in [5, 5.41) is 13.6. The first kappa shape index (κ1) is 17.5. The molecule has 6 nitrogen and oxygen atoms in total. The molecule has 1 amide bonds. The Bertz CT molecular complexity index is 568. The molecule has 1 aliphatic rings. The van der Waals surface area contributed by atoms with Gasteiger partial charge in [0.15, 0.2) is 0 Å². The summed E-state index contributed by atoms with van der Waals surface area (Å²) >= 11 is 0. The summed E-state index contributed by atoms with van der Waals surface area (Å²) in [4.78, 5) is 26.0. The van der Waals surface area contributed by atoms with Crippen LogP contribution in [0.3, 0.4) is 0 Å². The molecule has 6 heteroatoms. The Morgan fingerprint density at radius 2 is 1.91 bits per heavy atom. The predicted octanol–water partition coefficient (Wildman–Crippen LogP) is 3.03. The lowest BCUT2D eigenvalue weighted by atomic mass is 9.80. The van der Waals surface area contributed by atoms with E-state index in [-0.39, 0.29) is 18.2 Å². The third kappa shape index (κ3) is 3.26. The van der Waals surface area contributed by atoms with Crippen LogP contribution in [0.15, 0.2) is 4.52 Å². The van der Waals surface area contributed by atoms with E-state index in [0.29, 0.717) is 12.8 Å². The van der Waals surface area contributed by atoms with Crippen LogP contribution >= 0.6 is 0 Å². The maximum absolute atomic E-state index is 12.7. The first-order valence-corrected chi connectivity index (χ1v) is 8.22. The molecule has 1 aromatic heterocycles. The number of nitrogens with zero attached hydrogens (tertiary/aromatic N) is 2. The minimum atomic E-state index is -1.05. The van der Waals surface area contributed by atoms with Gasteiger partial charge in [0.1, 0.15) is 11.3 Å². The molecule has 1 unspecified atom stereocenters. The second-order valence-electron chi connectivity index (χ2n) is 6.69. The topological polar surface area (TPSA) is 83.6 Å². The molecular formula is C17H26N2O4. The van der Waals surface area contributed by atoms with Gasteiger partial charge in [-0.05, 0) is 32.6 Å². The normalized spacial score (nSPS) is 18.4. The van der Waals surface area contributed by atoms with Crippen molar-refractivity contribution in [1.29, 1.82) is 0 Å². The van der Waals surface area contributed by atoms with Crippen LogP contribution in [-0.4, -0.2) is 39.6 Å². The third-order valence-corrected chi connectivity index (χ3v) is 5.16. The fraction of sp³-hybridized carbons (Fsp3) is 0.706. The van der Waals surface area contributed by atoms with Gasteiger partial charge in [-0.3, -0.25) is 4.79 Å². The zero-order valence-electron chi connectivity index (χ0n) is 14.4. The van der Waals surface area contributed by atoms with E-state index in [1.165, 1.54) is 4.90 Å². The van der Waals surface area contributed by atoms with E-state index in [0.717, 1.165) is 36.3 Å². The van der Waals surface area contributed by atoms with Gasteiger partial charge >= 0.3 is 5.97 Å².